The van der Waals surface area contributed by atoms with Gasteiger partial charge in [0, 0.05) is 5.39 Å². The summed E-state index contributed by atoms with van der Waals surface area (Å²) in [5.41, 5.74) is 0.494. The molecule has 0 radical (unpaired) electrons. The Bertz CT molecular complexity index is 573. The Hall–Kier alpha value is -2.03. The van der Waals surface area contributed by atoms with Crippen LogP contribution in [0, 0.1) is 0 Å². The summed E-state index contributed by atoms with van der Waals surface area (Å²) in [7, 11) is 3.11. The van der Waals surface area contributed by atoms with E-state index in [9.17, 15) is 4.79 Å². The standard InChI is InChI=1S/C14H14O3/c1-9(15)13-12(16-2)8-10-6-4-5-7-11(10)14(13)17-3/h4-8H,1-3H3. The molecule has 0 bridgehead atoms. The van der Waals surface area contributed by atoms with E-state index in [1.807, 2.05) is 30.3 Å². The van der Waals surface area contributed by atoms with E-state index in [1.165, 1.54) is 6.92 Å². The summed E-state index contributed by atoms with van der Waals surface area (Å²) in [5.74, 6) is 1.06. The summed E-state index contributed by atoms with van der Waals surface area (Å²) in [6.45, 7) is 1.51. The second kappa shape index (κ2) is 4.45. The van der Waals surface area contributed by atoms with Crippen LogP contribution in [0.4, 0.5) is 0 Å². The summed E-state index contributed by atoms with van der Waals surface area (Å²) in [6.07, 6.45) is 0. The third-order valence-electron chi connectivity index (χ3n) is 2.74. The van der Waals surface area contributed by atoms with Crippen LogP contribution in [-0.2, 0) is 0 Å². The fraction of sp³-hybridized carbons (Fsp3) is 0.214. The van der Waals surface area contributed by atoms with E-state index in [2.05, 4.69) is 0 Å². The minimum atomic E-state index is -0.0653. The molecule has 0 unspecified atom stereocenters. The van der Waals surface area contributed by atoms with E-state index in [4.69, 9.17) is 9.47 Å². The van der Waals surface area contributed by atoms with Crippen LogP contribution < -0.4 is 9.47 Å². The van der Waals surface area contributed by atoms with Gasteiger partial charge in [0.15, 0.2) is 5.78 Å². The van der Waals surface area contributed by atoms with Gasteiger partial charge in [-0.05, 0) is 18.4 Å². The average Bonchev–Trinajstić information content (AvgIpc) is 2.35. The van der Waals surface area contributed by atoms with Gasteiger partial charge in [0.05, 0.1) is 14.2 Å². The molecule has 0 amide bonds. The molecule has 0 spiro atoms. The lowest BCUT2D eigenvalue weighted by molar-refractivity contribution is 0.101. The minimum Gasteiger partial charge on any atom is -0.496 e. The first-order chi connectivity index (χ1) is 8.19. The average molecular weight is 230 g/mol. The van der Waals surface area contributed by atoms with Crippen molar-refractivity contribution in [1.82, 2.24) is 0 Å². The zero-order valence-corrected chi connectivity index (χ0v) is 10.1. The lowest BCUT2D eigenvalue weighted by atomic mass is 10.0. The molecule has 0 saturated carbocycles. The molecule has 0 saturated heterocycles. The molecule has 0 fully saturated rings. The smallest absolute Gasteiger partial charge is 0.167 e. The maximum absolute atomic E-state index is 11.7. The van der Waals surface area contributed by atoms with Crippen molar-refractivity contribution >= 4 is 16.6 Å². The van der Waals surface area contributed by atoms with Crippen LogP contribution in [0.5, 0.6) is 11.5 Å². The lowest BCUT2D eigenvalue weighted by Crippen LogP contribution is -2.02. The molecule has 0 heterocycles. The van der Waals surface area contributed by atoms with E-state index in [0.717, 1.165) is 10.8 Å². The molecule has 2 aromatic rings. The maximum atomic E-state index is 11.7. The third-order valence-corrected chi connectivity index (χ3v) is 2.74. The Kier molecular flexibility index (Phi) is 3.00. The summed E-state index contributed by atoms with van der Waals surface area (Å²) in [5, 5.41) is 1.91. The number of Topliss-reactive ketones (excluding diaryl/α,β-unsaturated/α-hetero) is 1. The first-order valence-corrected chi connectivity index (χ1v) is 5.33. The van der Waals surface area contributed by atoms with Crippen molar-refractivity contribution in [3.8, 4) is 11.5 Å². The molecule has 0 N–H and O–H groups in total. The molecule has 0 aliphatic carbocycles. The molecular weight excluding hydrogens is 216 g/mol. The number of carbonyl (C=O) groups is 1. The predicted octanol–water partition coefficient (Wildman–Crippen LogP) is 3.06. The fourth-order valence-corrected chi connectivity index (χ4v) is 2.00. The SMILES string of the molecule is COc1cc2ccccc2c(OC)c1C(C)=O. The normalized spacial score (nSPS) is 10.3. The largest absolute Gasteiger partial charge is 0.496 e. The highest BCUT2D eigenvalue weighted by Crippen LogP contribution is 2.36. The van der Waals surface area contributed by atoms with Crippen molar-refractivity contribution in [1.29, 1.82) is 0 Å². The monoisotopic (exact) mass is 230 g/mol. The van der Waals surface area contributed by atoms with Gasteiger partial charge in [-0.15, -0.1) is 0 Å². The van der Waals surface area contributed by atoms with Gasteiger partial charge in [-0.2, -0.15) is 0 Å². The topological polar surface area (TPSA) is 35.5 Å². The lowest BCUT2D eigenvalue weighted by Gasteiger charge is -2.13. The van der Waals surface area contributed by atoms with Gasteiger partial charge in [-0.1, -0.05) is 24.3 Å². The van der Waals surface area contributed by atoms with Crippen molar-refractivity contribution < 1.29 is 14.3 Å². The Labute approximate surface area is 100.0 Å². The van der Waals surface area contributed by atoms with Crippen LogP contribution in [0.15, 0.2) is 30.3 Å². The first-order valence-electron chi connectivity index (χ1n) is 5.33. The summed E-state index contributed by atoms with van der Waals surface area (Å²) < 4.78 is 10.6. The van der Waals surface area contributed by atoms with Gasteiger partial charge < -0.3 is 9.47 Å². The predicted molar refractivity (Wildman–Crippen MR) is 67.1 cm³/mol. The van der Waals surface area contributed by atoms with Crippen molar-refractivity contribution in [3.63, 3.8) is 0 Å². The zero-order chi connectivity index (χ0) is 12.4. The highest BCUT2D eigenvalue weighted by molar-refractivity contribution is 6.06. The highest BCUT2D eigenvalue weighted by atomic mass is 16.5. The molecule has 0 aliphatic heterocycles. The van der Waals surface area contributed by atoms with Crippen LogP contribution in [0.1, 0.15) is 17.3 Å². The Morgan fingerprint density at radius 2 is 1.82 bits per heavy atom. The van der Waals surface area contributed by atoms with Crippen molar-refractivity contribution in [2.75, 3.05) is 14.2 Å². The number of carbonyl (C=O) groups excluding carboxylic acids is 1. The van der Waals surface area contributed by atoms with Gasteiger partial charge in [-0.3, -0.25) is 4.79 Å². The number of methoxy groups -OCH3 is 2. The number of benzene rings is 2. The number of hydrogen-bond acceptors (Lipinski definition) is 3. The Morgan fingerprint density at radius 3 is 2.41 bits per heavy atom. The van der Waals surface area contributed by atoms with Gasteiger partial charge in [0.25, 0.3) is 0 Å². The molecule has 2 rings (SSSR count). The molecule has 3 heteroatoms. The molecule has 17 heavy (non-hydrogen) atoms. The number of hydrogen-bond donors (Lipinski definition) is 0. The third kappa shape index (κ3) is 1.84. The second-order valence-electron chi connectivity index (χ2n) is 3.76. The summed E-state index contributed by atoms with van der Waals surface area (Å²) in [6, 6.07) is 9.61. The Balaban J connectivity index is 2.89. The molecule has 0 aliphatic rings. The van der Waals surface area contributed by atoms with Gasteiger partial charge in [-0.25, -0.2) is 0 Å². The number of rotatable bonds is 3. The van der Waals surface area contributed by atoms with E-state index in [0.29, 0.717) is 17.1 Å². The van der Waals surface area contributed by atoms with Crippen LogP contribution in [0.25, 0.3) is 10.8 Å². The molecule has 88 valence electrons. The van der Waals surface area contributed by atoms with Crippen molar-refractivity contribution in [2.45, 2.75) is 6.92 Å². The first kappa shape index (κ1) is 11.5. The van der Waals surface area contributed by atoms with E-state index in [-0.39, 0.29) is 5.78 Å². The van der Waals surface area contributed by atoms with Gasteiger partial charge >= 0.3 is 0 Å². The zero-order valence-electron chi connectivity index (χ0n) is 10.1. The van der Waals surface area contributed by atoms with Crippen LogP contribution >= 0.6 is 0 Å². The van der Waals surface area contributed by atoms with E-state index >= 15 is 0 Å². The quantitative estimate of drug-likeness (QED) is 0.760. The Morgan fingerprint density at radius 1 is 1.12 bits per heavy atom. The summed E-state index contributed by atoms with van der Waals surface area (Å²) in [4.78, 5) is 11.7. The molecule has 0 atom stereocenters. The van der Waals surface area contributed by atoms with Crippen molar-refractivity contribution in [3.05, 3.63) is 35.9 Å². The molecule has 0 aromatic heterocycles. The number of ether oxygens (including phenoxy) is 2. The maximum Gasteiger partial charge on any atom is 0.167 e. The second-order valence-corrected chi connectivity index (χ2v) is 3.76. The molecular formula is C14H14O3. The number of fused-ring (bicyclic) bond motifs is 1. The minimum absolute atomic E-state index is 0.0653. The van der Waals surface area contributed by atoms with Crippen LogP contribution in [-0.4, -0.2) is 20.0 Å². The molecule has 3 nitrogen and oxygen atoms in total. The van der Waals surface area contributed by atoms with Crippen LogP contribution in [0.2, 0.25) is 0 Å². The van der Waals surface area contributed by atoms with E-state index < -0.39 is 0 Å². The van der Waals surface area contributed by atoms with Crippen LogP contribution in [0.3, 0.4) is 0 Å². The molecule has 2 aromatic carbocycles. The number of ketones is 1. The van der Waals surface area contributed by atoms with Gasteiger partial charge in [0.2, 0.25) is 0 Å². The van der Waals surface area contributed by atoms with E-state index in [1.54, 1.807) is 14.2 Å². The fourth-order valence-electron chi connectivity index (χ4n) is 2.00. The summed E-state index contributed by atoms with van der Waals surface area (Å²) >= 11 is 0. The van der Waals surface area contributed by atoms with Crippen molar-refractivity contribution in [2.24, 2.45) is 0 Å². The van der Waals surface area contributed by atoms with Gasteiger partial charge in [0.1, 0.15) is 17.1 Å². The highest BCUT2D eigenvalue weighted by Gasteiger charge is 2.18.